The van der Waals surface area contributed by atoms with Gasteiger partial charge in [0.05, 0.1) is 12.6 Å². The molecule has 0 aliphatic carbocycles. The third-order valence-corrected chi connectivity index (χ3v) is 1.62. The molecule has 8 heteroatoms. The summed E-state index contributed by atoms with van der Waals surface area (Å²) in [4.78, 5) is 27.2. The van der Waals surface area contributed by atoms with Gasteiger partial charge in [0.1, 0.15) is 0 Å². The zero-order valence-corrected chi connectivity index (χ0v) is 8.03. The molecule has 0 rings (SSSR count). The average molecular weight is 212 g/mol. The summed E-state index contributed by atoms with van der Waals surface area (Å²) in [5.74, 6) is -0.329. The van der Waals surface area contributed by atoms with E-state index in [9.17, 15) is 9.36 Å². The molecule has 0 radical (unpaired) electrons. The number of phosphoric acid groups is 1. The van der Waals surface area contributed by atoms with Crippen molar-refractivity contribution in [3.05, 3.63) is 0 Å². The van der Waals surface area contributed by atoms with Gasteiger partial charge in [0.25, 0.3) is 0 Å². The van der Waals surface area contributed by atoms with E-state index < -0.39 is 13.9 Å². The maximum Gasteiger partial charge on any atom is 0.469 e. The van der Waals surface area contributed by atoms with Crippen molar-refractivity contribution >= 4 is 13.7 Å². The molecule has 78 valence electrons. The van der Waals surface area contributed by atoms with Crippen LogP contribution in [0.15, 0.2) is 0 Å². The van der Waals surface area contributed by atoms with E-state index in [0.717, 1.165) is 0 Å². The number of nitrogens with two attached hydrogens (primary N) is 1. The molecule has 0 bridgehead atoms. The fourth-order valence-electron chi connectivity index (χ4n) is 0.643. The minimum absolute atomic E-state index is 0.0551. The highest BCUT2D eigenvalue weighted by Gasteiger charge is 2.17. The molecule has 0 heterocycles. The second-order valence-corrected chi connectivity index (χ2v) is 3.66. The summed E-state index contributed by atoms with van der Waals surface area (Å²) in [5.41, 5.74) is 5.20. The number of carbonyl (C=O) groups is 1. The minimum Gasteiger partial charge on any atom is -0.350 e. The smallest absolute Gasteiger partial charge is 0.350 e. The first-order valence-electron chi connectivity index (χ1n) is 3.52. The van der Waals surface area contributed by atoms with Gasteiger partial charge in [0.15, 0.2) is 0 Å². The average Bonchev–Trinajstić information content (AvgIpc) is 1.95. The molecule has 0 aromatic carbocycles. The minimum atomic E-state index is -4.48. The predicted molar refractivity (Wildman–Crippen MR) is 44.7 cm³/mol. The van der Waals surface area contributed by atoms with Crippen LogP contribution in [0.25, 0.3) is 0 Å². The Hall–Kier alpha value is -0.460. The summed E-state index contributed by atoms with van der Waals surface area (Å²) < 4.78 is 14.4. The third-order valence-electron chi connectivity index (χ3n) is 1.14. The van der Waals surface area contributed by atoms with Crippen LogP contribution in [0.3, 0.4) is 0 Å². The SMILES string of the molecule is CC(=O)N[C@@H](CN)COP(=O)(O)O. The summed E-state index contributed by atoms with van der Waals surface area (Å²) in [6.07, 6.45) is 0. The van der Waals surface area contributed by atoms with Gasteiger partial charge in [-0.2, -0.15) is 0 Å². The summed E-state index contributed by atoms with van der Waals surface area (Å²) in [6, 6.07) is -0.579. The van der Waals surface area contributed by atoms with Crippen LogP contribution in [-0.4, -0.2) is 34.9 Å². The van der Waals surface area contributed by atoms with Crippen LogP contribution in [-0.2, 0) is 13.9 Å². The lowest BCUT2D eigenvalue weighted by Gasteiger charge is -2.15. The van der Waals surface area contributed by atoms with Crippen LogP contribution >= 0.6 is 7.82 Å². The fraction of sp³-hybridized carbons (Fsp3) is 0.800. The molecule has 7 nitrogen and oxygen atoms in total. The Bertz CT molecular complexity index is 215. The van der Waals surface area contributed by atoms with Crippen molar-refractivity contribution in [2.45, 2.75) is 13.0 Å². The lowest BCUT2D eigenvalue weighted by atomic mass is 10.3. The number of hydrogen-bond acceptors (Lipinski definition) is 4. The number of amides is 1. The number of phosphoric ester groups is 1. The van der Waals surface area contributed by atoms with Crippen molar-refractivity contribution in [2.75, 3.05) is 13.2 Å². The standard InChI is InChI=1S/C5H13N2O5P/c1-4(8)7-5(2-6)3-12-13(9,10)11/h5H,2-3,6H2,1H3,(H,7,8)(H2,9,10,11)/t5-/m0/s1. The highest BCUT2D eigenvalue weighted by atomic mass is 31.2. The Kier molecular flexibility index (Phi) is 5.12. The predicted octanol–water partition coefficient (Wildman–Crippen LogP) is -1.44. The zero-order chi connectivity index (χ0) is 10.5. The number of rotatable bonds is 5. The molecule has 0 aromatic heterocycles. The van der Waals surface area contributed by atoms with Gasteiger partial charge in [0.2, 0.25) is 5.91 Å². The third kappa shape index (κ3) is 7.89. The summed E-state index contributed by atoms with van der Waals surface area (Å²) >= 11 is 0. The highest BCUT2D eigenvalue weighted by Crippen LogP contribution is 2.35. The van der Waals surface area contributed by atoms with E-state index in [2.05, 4.69) is 9.84 Å². The van der Waals surface area contributed by atoms with Crippen molar-refractivity contribution in [3.8, 4) is 0 Å². The van der Waals surface area contributed by atoms with Crippen molar-refractivity contribution in [3.63, 3.8) is 0 Å². The highest BCUT2D eigenvalue weighted by molar-refractivity contribution is 7.46. The molecular formula is C5H13N2O5P. The molecule has 0 aromatic rings. The first kappa shape index (κ1) is 12.5. The number of nitrogens with one attached hydrogen (secondary N) is 1. The van der Waals surface area contributed by atoms with Crippen molar-refractivity contribution < 1.29 is 23.7 Å². The first-order chi connectivity index (χ1) is 5.85. The molecule has 1 atom stereocenters. The fourth-order valence-corrected chi connectivity index (χ4v) is 1.02. The van der Waals surface area contributed by atoms with E-state index in [4.69, 9.17) is 15.5 Å². The molecule has 0 saturated carbocycles. The van der Waals surface area contributed by atoms with Crippen molar-refractivity contribution in [1.29, 1.82) is 0 Å². The molecule has 0 unspecified atom stereocenters. The summed E-state index contributed by atoms with van der Waals surface area (Å²) in [5, 5.41) is 2.37. The van der Waals surface area contributed by atoms with Crippen LogP contribution in [0.1, 0.15) is 6.92 Å². The van der Waals surface area contributed by atoms with Gasteiger partial charge in [-0.15, -0.1) is 0 Å². The Morgan fingerprint density at radius 1 is 1.69 bits per heavy atom. The Morgan fingerprint density at radius 2 is 2.23 bits per heavy atom. The molecule has 0 spiro atoms. The van der Waals surface area contributed by atoms with E-state index >= 15 is 0 Å². The Labute approximate surface area is 75.5 Å². The van der Waals surface area contributed by atoms with Gasteiger partial charge >= 0.3 is 7.82 Å². The van der Waals surface area contributed by atoms with E-state index in [1.54, 1.807) is 0 Å². The van der Waals surface area contributed by atoms with E-state index in [1.807, 2.05) is 0 Å². The topological polar surface area (TPSA) is 122 Å². The molecule has 1 amide bonds. The molecule has 0 aliphatic heterocycles. The van der Waals surface area contributed by atoms with Crippen LogP contribution in [0.4, 0.5) is 0 Å². The van der Waals surface area contributed by atoms with Gasteiger partial charge in [-0.05, 0) is 0 Å². The largest absolute Gasteiger partial charge is 0.469 e. The molecule has 5 N–H and O–H groups in total. The van der Waals surface area contributed by atoms with Crippen LogP contribution in [0.2, 0.25) is 0 Å². The van der Waals surface area contributed by atoms with Gasteiger partial charge in [-0.25, -0.2) is 4.57 Å². The molecule has 13 heavy (non-hydrogen) atoms. The Balaban J connectivity index is 3.86. The van der Waals surface area contributed by atoms with Gasteiger partial charge in [-0.3, -0.25) is 9.32 Å². The van der Waals surface area contributed by atoms with Gasteiger partial charge in [-0.1, -0.05) is 0 Å². The zero-order valence-electron chi connectivity index (χ0n) is 7.14. The van der Waals surface area contributed by atoms with Gasteiger partial charge < -0.3 is 20.8 Å². The van der Waals surface area contributed by atoms with Crippen LogP contribution in [0, 0.1) is 0 Å². The van der Waals surface area contributed by atoms with Crippen LogP contribution < -0.4 is 11.1 Å². The maximum atomic E-state index is 10.5. The number of carbonyl (C=O) groups excluding carboxylic acids is 1. The van der Waals surface area contributed by atoms with Gasteiger partial charge in [0, 0.05) is 13.5 Å². The number of hydrogen-bond donors (Lipinski definition) is 4. The monoisotopic (exact) mass is 212 g/mol. The molecular weight excluding hydrogens is 199 g/mol. The lowest BCUT2D eigenvalue weighted by molar-refractivity contribution is -0.119. The van der Waals surface area contributed by atoms with Crippen molar-refractivity contribution in [2.24, 2.45) is 5.73 Å². The van der Waals surface area contributed by atoms with E-state index in [1.165, 1.54) is 6.92 Å². The summed E-state index contributed by atoms with van der Waals surface area (Å²) in [7, 11) is -4.48. The van der Waals surface area contributed by atoms with Crippen molar-refractivity contribution in [1.82, 2.24) is 5.32 Å². The Morgan fingerprint density at radius 3 is 2.54 bits per heavy atom. The second-order valence-electron chi connectivity index (χ2n) is 2.42. The maximum absolute atomic E-state index is 10.5. The normalized spacial score (nSPS) is 13.8. The second kappa shape index (κ2) is 5.31. The lowest BCUT2D eigenvalue weighted by Crippen LogP contribution is -2.42. The quantitative estimate of drug-likeness (QED) is 0.414. The molecule has 0 aliphatic rings. The van der Waals surface area contributed by atoms with E-state index in [0.29, 0.717) is 0 Å². The first-order valence-corrected chi connectivity index (χ1v) is 5.05. The van der Waals surface area contributed by atoms with Crippen LogP contribution in [0.5, 0.6) is 0 Å². The molecule has 0 saturated heterocycles. The molecule has 0 fully saturated rings. The summed E-state index contributed by atoms with van der Waals surface area (Å²) in [6.45, 7) is 1.03. The van der Waals surface area contributed by atoms with E-state index in [-0.39, 0.29) is 19.1 Å².